The van der Waals surface area contributed by atoms with Crippen LogP contribution < -0.4 is 0 Å². The molecule has 2 heterocycles. The standard InChI is InChI=1S/C18H20FN3O3/c1-4-18(14-5-7-15(19)8-6-14)21(13(3)23)9-10-22(18)17(24)16-11-25-20-12(16)2/h5-8,11H,4,9-10H2,1-3H3. The molecule has 1 aliphatic heterocycles. The van der Waals surface area contributed by atoms with Gasteiger partial charge < -0.3 is 14.3 Å². The lowest BCUT2D eigenvalue weighted by molar-refractivity contribution is -0.136. The maximum Gasteiger partial charge on any atom is 0.261 e. The molecule has 0 bridgehead atoms. The van der Waals surface area contributed by atoms with Gasteiger partial charge in [0.15, 0.2) is 0 Å². The fraction of sp³-hybridized carbons (Fsp3) is 0.389. The van der Waals surface area contributed by atoms with Crippen LogP contribution in [0.15, 0.2) is 35.1 Å². The first kappa shape index (κ1) is 17.1. The first-order chi connectivity index (χ1) is 11.9. The van der Waals surface area contributed by atoms with E-state index in [1.165, 1.54) is 25.3 Å². The van der Waals surface area contributed by atoms with Crippen molar-refractivity contribution in [2.45, 2.75) is 32.9 Å². The van der Waals surface area contributed by atoms with Gasteiger partial charge in [0.1, 0.15) is 23.3 Å². The van der Waals surface area contributed by atoms with E-state index in [0.717, 1.165) is 0 Å². The second-order valence-electron chi connectivity index (χ2n) is 6.12. The lowest BCUT2D eigenvalue weighted by Crippen LogP contribution is -2.54. The third kappa shape index (κ3) is 2.59. The normalized spacial score (nSPS) is 20.2. The Kier molecular flexibility index (Phi) is 4.32. The maximum atomic E-state index is 13.4. The molecular weight excluding hydrogens is 325 g/mol. The van der Waals surface area contributed by atoms with E-state index < -0.39 is 5.66 Å². The van der Waals surface area contributed by atoms with E-state index in [9.17, 15) is 14.0 Å². The number of carbonyl (C=O) groups excluding carboxylic acids is 2. The number of nitrogens with zero attached hydrogens (tertiary/aromatic N) is 3. The summed E-state index contributed by atoms with van der Waals surface area (Å²) in [6.07, 6.45) is 1.80. The molecule has 132 valence electrons. The number of hydrogen-bond donors (Lipinski definition) is 0. The summed E-state index contributed by atoms with van der Waals surface area (Å²) in [6, 6.07) is 5.94. The number of aryl methyl sites for hydroxylation is 1. The summed E-state index contributed by atoms with van der Waals surface area (Å²) in [5, 5.41) is 3.77. The smallest absolute Gasteiger partial charge is 0.261 e. The van der Waals surface area contributed by atoms with Gasteiger partial charge in [-0.25, -0.2) is 4.39 Å². The summed E-state index contributed by atoms with van der Waals surface area (Å²) in [6.45, 7) is 5.88. The highest BCUT2D eigenvalue weighted by Gasteiger charge is 2.51. The van der Waals surface area contributed by atoms with E-state index in [-0.39, 0.29) is 17.6 Å². The minimum absolute atomic E-state index is 0.136. The highest BCUT2D eigenvalue weighted by Crippen LogP contribution is 2.41. The van der Waals surface area contributed by atoms with Gasteiger partial charge in [-0.3, -0.25) is 9.59 Å². The van der Waals surface area contributed by atoms with Crippen molar-refractivity contribution in [2.24, 2.45) is 0 Å². The van der Waals surface area contributed by atoms with Crippen molar-refractivity contribution in [3.05, 3.63) is 53.2 Å². The van der Waals surface area contributed by atoms with E-state index >= 15 is 0 Å². The number of rotatable bonds is 3. The zero-order valence-electron chi connectivity index (χ0n) is 14.5. The SMILES string of the molecule is CCC1(c2ccc(F)cc2)N(C(C)=O)CCN1C(=O)c1conc1C. The quantitative estimate of drug-likeness (QED) is 0.858. The predicted octanol–water partition coefficient (Wildman–Crippen LogP) is 2.69. The molecule has 1 fully saturated rings. The Labute approximate surface area is 145 Å². The summed E-state index contributed by atoms with van der Waals surface area (Å²) >= 11 is 0. The first-order valence-electron chi connectivity index (χ1n) is 8.19. The number of amides is 2. The zero-order chi connectivity index (χ0) is 18.2. The number of halogens is 1. The van der Waals surface area contributed by atoms with Crippen LogP contribution in [0.3, 0.4) is 0 Å². The Morgan fingerprint density at radius 1 is 1.24 bits per heavy atom. The number of hydrogen-bond acceptors (Lipinski definition) is 4. The Bertz CT molecular complexity index is 802. The molecule has 1 atom stereocenters. The number of benzene rings is 1. The average Bonchev–Trinajstić information content (AvgIpc) is 3.19. The van der Waals surface area contributed by atoms with Crippen LogP contribution in [0, 0.1) is 12.7 Å². The minimum atomic E-state index is -0.958. The lowest BCUT2D eigenvalue weighted by Gasteiger charge is -2.43. The van der Waals surface area contributed by atoms with E-state index in [4.69, 9.17) is 4.52 Å². The van der Waals surface area contributed by atoms with Crippen molar-refractivity contribution < 1.29 is 18.5 Å². The van der Waals surface area contributed by atoms with Crippen LogP contribution in [0.5, 0.6) is 0 Å². The van der Waals surface area contributed by atoms with Crippen LogP contribution >= 0.6 is 0 Å². The number of carbonyl (C=O) groups is 2. The molecule has 7 heteroatoms. The van der Waals surface area contributed by atoms with Gasteiger partial charge in [-0.15, -0.1) is 0 Å². The molecule has 0 saturated carbocycles. The fourth-order valence-electron chi connectivity index (χ4n) is 3.66. The molecule has 2 aromatic rings. The van der Waals surface area contributed by atoms with E-state index in [1.807, 2.05) is 6.92 Å². The summed E-state index contributed by atoms with van der Waals surface area (Å²) in [7, 11) is 0. The van der Waals surface area contributed by atoms with Crippen LogP contribution in [0.1, 0.15) is 41.9 Å². The Balaban J connectivity index is 2.13. The van der Waals surface area contributed by atoms with E-state index in [0.29, 0.717) is 36.3 Å². The third-order valence-electron chi connectivity index (χ3n) is 4.85. The molecule has 0 aliphatic carbocycles. The Morgan fingerprint density at radius 2 is 1.88 bits per heavy atom. The van der Waals surface area contributed by atoms with Crippen LogP contribution in [0.25, 0.3) is 0 Å². The van der Waals surface area contributed by atoms with Crippen LogP contribution in [-0.2, 0) is 10.5 Å². The van der Waals surface area contributed by atoms with Crippen LogP contribution in [0.2, 0.25) is 0 Å². The van der Waals surface area contributed by atoms with Gasteiger partial charge in [0.2, 0.25) is 5.91 Å². The molecule has 3 rings (SSSR count). The van der Waals surface area contributed by atoms with Gasteiger partial charge in [-0.2, -0.15) is 0 Å². The average molecular weight is 345 g/mol. The van der Waals surface area contributed by atoms with Gasteiger partial charge in [-0.05, 0) is 31.0 Å². The molecule has 1 aromatic carbocycles. The second kappa shape index (κ2) is 6.31. The second-order valence-corrected chi connectivity index (χ2v) is 6.12. The fourth-order valence-corrected chi connectivity index (χ4v) is 3.66. The predicted molar refractivity (Wildman–Crippen MR) is 88.0 cm³/mol. The summed E-state index contributed by atoms with van der Waals surface area (Å²) < 4.78 is 18.3. The first-order valence-corrected chi connectivity index (χ1v) is 8.19. The van der Waals surface area contributed by atoms with Crippen molar-refractivity contribution >= 4 is 11.8 Å². The number of aromatic nitrogens is 1. The Morgan fingerprint density at radius 3 is 2.40 bits per heavy atom. The van der Waals surface area contributed by atoms with Gasteiger partial charge in [0, 0.05) is 20.0 Å². The van der Waals surface area contributed by atoms with Gasteiger partial charge in [0.25, 0.3) is 5.91 Å². The molecule has 0 spiro atoms. The zero-order valence-corrected chi connectivity index (χ0v) is 14.5. The van der Waals surface area contributed by atoms with Crippen molar-refractivity contribution in [1.82, 2.24) is 15.0 Å². The molecular formula is C18H20FN3O3. The molecule has 1 aromatic heterocycles. The molecule has 1 aliphatic rings. The molecule has 0 radical (unpaired) electrons. The van der Waals surface area contributed by atoms with Gasteiger partial charge >= 0.3 is 0 Å². The minimum Gasteiger partial charge on any atom is -0.364 e. The van der Waals surface area contributed by atoms with Crippen molar-refractivity contribution in [2.75, 3.05) is 13.1 Å². The van der Waals surface area contributed by atoms with Crippen molar-refractivity contribution in [3.63, 3.8) is 0 Å². The molecule has 6 nitrogen and oxygen atoms in total. The van der Waals surface area contributed by atoms with Gasteiger partial charge in [0.05, 0.1) is 5.69 Å². The van der Waals surface area contributed by atoms with Crippen molar-refractivity contribution in [1.29, 1.82) is 0 Å². The molecule has 25 heavy (non-hydrogen) atoms. The van der Waals surface area contributed by atoms with E-state index in [2.05, 4.69) is 5.16 Å². The van der Waals surface area contributed by atoms with Crippen LogP contribution in [-0.4, -0.2) is 39.9 Å². The van der Waals surface area contributed by atoms with Crippen molar-refractivity contribution in [3.8, 4) is 0 Å². The summed E-state index contributed by atoms with van der Waals surface area (Å²) in [4.78, 5) is 28.7. The summed E-state index contributed by atoms with van der Waals surface area (Å²) in [5.74, 6) is -0.757. The summed E-state index contributed by atoms with van der Waals surface area (Å²) in [5.41, 5.74) is 0.604. The maximum absolute atomic E-state index is 13.4. The monoisotopic (exact) mass is 345 g/mol. The molecule has 1 saturated heterocycles. The molecule has 1 unspecified atom stereocenters. The van der Waals surface area contributed by atoms with E-state index in [1.54, 1.807) is 28.9 Å². The molecule has 2 amide bonds. The highest BCUT2D eigenvalue weighted by atomic mass is 19.1. The topological polar surface area (TPSA) is 66.7 Å². The highest BCUT2D eigenvalue weighted by molar-refractivity contribution is 5.96. The third-order valence-corrected chi connectivity index (χ3v) is 4.85. The molecule has 0 N–H and O–H groups in total. The Hall–Kier alpha value is -2.70. The lowest BCUT2D eigenvalue weighted by atomic mass is 9.93. The van der Waals surface area contributed by atoms with Gasteiger partial charge in [-0.1, -0.05) is 24.2 Å². The van der Waals surface area contributed by atoms with Crippen LogP contribution in [0.4, 0.5) is 4.39 Å². The largest absolute Gasteiger partial charge is 0.364 e.